The van der Waals surface area contributed by atoms with Crippen LogP contribution in [0.25, 0.3) is 33.8 Å². The molecular weight excluding hydrogens is 480 g/mol. The lowest BCUT2D eigenvalue weighted by atomic mass is 10.1. The predicted octanol–water partition coefficient (Wildman–Crippen LogP) is 6.85. The highest BCUT2D eigenvalue weighted by atomic mass is 16.3. The van der Waals surface area contributed by atoms with Gasteiger partial charge in [-0.05, 0) is 65.1 Å². The Morgan fingerprint density at radius 3 is 2.36 bits per heavy atom. The topological polar surface area (TPSA) is 53.1 Å². The van der Waals surface area contributed by atoms with E-state index in [1.165, 1.54) is 5.56 Å². The van der Waals surface area contributed by atoms with Crippen LogP contribution in [0.15, 0.2) is 125 Å². The fraction of sp³-hybridized carbons (Fsp3) is 0.0588. The molecule has 6 aromatic rings. The summed E-state index contributed by atoms with van der Waals surface area (Å²) >= 11 is 0. The minimum Gasteiger partial charge on any atom is -0.508 e. The molecule has 5 heteroatoms. The van der Waals surface area contributed by atoms with Gasteiger partial charge in [0.05, 0.1) is 28.3 Å². The zero-order valence-corrected chi connectivity index (χ0v) is 21.4. The molecule has 1 N–H and O–H groups in total. The maximum atomic E-state index is 10.3. The second kappa shape index (κ2) is 9.30. The van der Waals surface area contributed by atoms with Gasteiger partial charge in [0.25, 0.3) is 0 Å². The maximum Gasteiger partial charge on any atom is 0.116 e. The van der Waals surface area contributed by atoms with Gasteiger partial charge < -0.3 is 10.1 Å². The fourth-order valence-corrected chi connectivity index (χ4v) is 5.51. The van der Waals surface area contributed by atoms with Crippen molar-refractivity contribution in [3.05, 3.63) is 137 Å². The van der Waals surface area contributed by atoms with Crippen molar-refractivity contribution >= 4 is 45.2 Å². The van der Waals surface area contributed by atoms with E-state index in [4.69, 9.17) is 0 Å². The molecule has 0 radical (unpaired) electrons. The van der Waals surface area contributed by atoms with Crippen molar-refractivity contribution in [2.24, 2.45) is 10.2 Å². The van der Waals surface area contributed by atoms with Crippen LogP contribution in [0, 0.1) is 0 Å². The van der Waals surface area contributed by atoms with Crippen molar-refractivity contribution in [3.63, 3.8) is 0 Å². The van der Waals surface area contributed by atoms with Crippen molar-refractivity contribution < 1.29 is 5.11 Å². The van der Waals surface area contributed by atoms with Crippen LogP contribution in [-0.4, -0.2) is 16.8 Å². The summed E-state index contributed by atoms with van der Waals surface area (Å²) in [5.74, 6) is 0.257. The Morgan fingerprint density at radius 1 is 0.744 bits per heavy atom. The molecule has 0 spiro atoms. The molecule has 5 nitrogen and oxygen atoms in total. The van der Waals surface area contributed by atoms with Gasteiger partial charge >= 0.3 is 0 Å². The van der Waals surface area contributed by atoms with Gasteiger partial charge in [-0.3, -0.25) is 4.68 Å². The highest BCUT2D eigenvalue weighted by Crippen LogP contribution is 2.28. The molecule has 39 heavy (non-hydrogen) atoms. The van der Waals surface area contributed by atoms with Crippen LogP contribution in [-0.2, 0) is 0 Å². The molecule has 0 fully saturated rings. The van der Waals surface area contributed by atoms with E-state index in [2.05, 4.69) is 93.7 Å². The Hall–Kier alpha value is -5.16. The van der Waals surface area contributed by atoms with E-state index in [9.17, 15) is 5.11 Å². The Bertz CT molecular complexity index is 1980. The zero-order valence-electron chi connectivity index (χ0n) is 21.4. The average molecular weight is 507 g/mol. The van der Waals surface area contributed by atoms with Crippen molar-refractivity contribution in [3.8, 4) is 5.75 Å². The number of benzene rings is 5. The molecule has 0 aliphatic carbocycles. The van der Waals surface area contributed by atoms with E-state index >= 15 is 0 Å². The predicted molar refractivity (Wildman–Crippen MR) is 159 cm³/mol. The van der Waals surface area contributed by atoms with E-state index in [-0.39, 0.29) is 11.8 Å². The van der Waals surface area contributed by atoms with Gasteiger partial charge in [-0.2, -0.15) is 5.11 Å². The first kappa shape index (κ1) is 23.0. The molecule has 5 aromatic carbocycles. The fourth-order valence-electron chi connectivity index (χ4n) is 5.51. The van der Waals surface area contributed by atoms with E-state index in [0.29, 0.717) is 0 Å². The number of aromatic hydroxyl groups is 1. The summed E-state index contributed by atoms with van der Waals surface area (Å²) in [5, 5.41) is 27.0. The van der Waals surface area contributed by atoms with Crippen molar-refractivity contribution in [2.45, 2.75) is 6.04 Å². The second-order valence-electron chi connectivity index (χ2n) is 9.84. The number of phenols is 1. The van der Waals surface area contributed by atoms with Crippen LogP contribution in [0.1, 0.15) is 17.2 Å². The number of fused-ring (bicyclic) bond motifs is 4. The highest BCUT2D eigenvalue weighted by Gasteiger charge is 2.24. The van der Waals surface area contributed by atoms with E-state index in [1.54, 1.807) is 6.07 Å². The first-order chi connectivity index (χ1) is 19.2. The minimum atomic E-state index is 0.128. The number of azo groups is 1. The lowest BCUT2D eigenvalue weighted by Gasteiger charge is -2.25. The van der Waals surface area contributed by atoms with Crippen LogP contribution < -0.4 is 15.6 Å². The van der Waals surface area contributed by atoms with Gasteiger partial charge in [-0.15, -0.1) is 5.11 Å². The molecule has 1 aliphatic rings. The summed E-state index contributed by atoms with van der Waals surface area (Å²) < 4.78 is 2.24. The molecular formula is C34H26N4O. The molecule has 0 bridgehead atoms. The molecule has 188 valence electrons. The number of hydrogen-bond donors (Lipinski definition) is 1. The average Bonchev–Trinajstić information content (AvgIpc) is 3.47. The molecule has 1 aliphatic heterocycles. The molecule has 1 aromatic heterocycles. The van der Waals surface area contributed by atoms with E-state index in [1.807, 2.05) is 54.6 Å². The quantitative estimate of drug-likeness (QED) is 0.266. The van der Waals surface area contributed by atoms with Gasteiger partial charge in [0, 0.05) is 23.0 Å². The number of hydrogen-bond acceptors (Lipinski definition) is 4. The van der Waals surface area contributed by atoms with Crippen LogP contribution in [0.5, 0.6) is 5.75 Å². The molecule has 0 saturated heterocycles. The first-order valence-electron chi connectivity index (χ1n) is 13.0. The van der Waals surface area contributed by atoms with Gasteiger partial charge in [-0.1, -0.05) is 78.9 Å². The van der Waals surface area contributed by atoms with Gasteiger partial charge in [0.1, 0.15) is 5.75 Å². The summed E-state index contributed by atoms with van der Waals surface area (Å²) in [6, 6.07) is 38.6. The largest absolute Gasteiger partial charge is 0.508 e. The summed E-state index contributed by atoms with van der Waals surface area (Å²) in [4.78, 5) is 0. The monoisotopic (exact) mass is 506 g/mol. The molecule has 2 heterocycles. The Kier molecular flexibility index (Phi) is 5.48. The third kappa shape index (κ3) is 4.05. The molecule has 0 saturated carbocycles. The third-order valence-corrected chi connectivity index (χ3v) is 7.42. The summed E-state index contributed by atoms with van der Waals surface area (Å²) in [6.07, 6.45) is 4.47. The SMILES string of the molecule is CN1C(c2ccccc2)C=c2c(=Cc3ccc(N=Nc4cccc5ccccc45)cc3)c3cc(O)ccc3n21. The Balaban J connectivity index is 1.29. The molecule has 1 unspecified atom stereocenters. The van der Waals surface area contributed by atoms with Gasteiger partial charge in [0.2, 0.25) is 0 Å². The number of phenolic OH excluding ortho intramolecular Hbond substituents is 1. The Morgan fingerprint density at radius 2 is 1.51 bits per heavy atom. The van der Waals surface area contributed by atoms with Crippen LogP contribution in [0.3, 0.4) is 0 Å². The number of rotatable bonds is 4. The smallest absolute Gasteiger partial charge is 0.116 e. The van der Waals surface area contributed by atoms with Crippen LogP contribution in [0.2, 0.25) is 0 Å². The number of aromatic nitrogens is 1. The van der Waals surface area contributed by atoms with Crippen LogP contribution in [0.4, 0.5) is 11.4 Å². The van der Waals surface area contributed by atoms with E-state index < -0.39 is 0 Å². The standard InChI is InChI=1S/C34H26N4O/c1-37-33(25-9-3-2-4-10-25)22-34-29(30-21-27(39)18-19-32(30)38(34)37)20-23-14-16-26(17-15-23)35-36-31-13-7-11-24-8-5-6-12-28(24)31/h2-22,33,39H,1H3. The molecule has 7 rings (SSSR count). The summed E-state index contributed by atoms with van der Waals surface area (Å²) in [6.45, 7) is 0. The molecule has 1 atom stereocenters. The van der Waals surface area contributed by atoms with Crippen LogP contribution >= 0.6 is 0 Å². The van der Waals surface area contributed by atoms with Crippen molar-refractivity contribution in [1.82, 2.24) is 4.68 Å². The normalized spacial score (nSPS) is 15.4. The first-order valence-corrected chi connectivity index (χ1v) is 13.0. The minimum absolute atomic E-state index is 0.128. The lowest BCUT2D eigenvalue weighted by molar-refractivity contribution is 0.476. The molecule has 0 amide bonds. The Labute approximate surface area is 225 Å². The van der Waals surface area contributed by atoms with Crippen molar-refractivity contribution in [1.29, 1.82) is 0 Å². The summed E-state index contributed by atoms with van der Waals surface area (Å²) in [5.41, 5.74) is 5.00. The maximum absolute atomic E-state index is 10.3. The lowest BCUT2D eigenvalue weighted by Crippen LogP contribution is -2.35. The zero-order chi connectivity index (χ0) is 26.3. The summed E-state index contributed by atoms with van der Waals surface area (Å²) in [7, 11) is 2.11. The highest BCUT2D eigenvalue weighted by molar-refractivity contribution is 5.92. The third-order valence-electron chi connectivity index (χ3n) is 7.42. The second-order valence-corrected chi connectivity index (χ2v) is 9.84. The number of nitrogens with zero attached hydrogens (tertiary/aromatic N) is 4. The van der Waals surface area contributed by atoms with Gasteiger partial charge in [0.15, 0.2) is 0 Å². The van der Waals surface area contributed by atoms with E-state index in [0.717, 1.165) is 49.2 Å². The van der Waals surface area contributed by atoms with Crippen molar-refractivity contribution in [2.75, 3.05) is 12.1 Å². The van der Waals surface area contributed by atoms with Gasteiger partial charge in [-0.25, -0.2) is 0 Å².